The molecule has 0 unspecified atom stereocenters. The van der Waals surface area contributed by atoms with E-state index in [1.54, 1.807) is 0 Å². The van der Waals surface area contributed by atoms with Gasteiger partial charge in [-0.2, -0.15) is 0 Å². The summed E-state index contributed by atoms with van der Waals surface area (Å²) in [5.74, 6) is -1.35. The lowest BCUT2D eigenvalue weighted by molar-refractivity contribution is -0.386. The average molecular weight is 268 g/mol. The van der Waals surface area contributed by atoms with Crippen molar-refractivity contribution in [1.82, 2.24) is 4.90 Å². The van der Waals surface area contributed by atoms with E-state index in [1.165, 1.54) is 18.2 Å². The molecule has 0 fully saturated rings. The minimum absolute atomic E-state index is 0.0105. The summed E-state index contributed by atoms with van der Waals surface area (Å²) in [4.78, 5) is 23.1. The van der Waals surface area contributed by atoms with Gasteiger partial charge in [-0.25, -0.2) is 4.79 Å². The number of aromatic carboxylic acids is 1. The fourth-order valence-electron chi connectivity index (χ4n) is 1.56. The van der Waals surface area contributed by atoms with E-state index in [-0.39, 0.29) is 11.3 Å². The standard InChI is InChI=1S/C12H16N2O5/c1-13(2)7-4-8-19-10-6-3-5-9(12(15)16)11(10)14(17)18/h3,5-6H,4,7-8H2,1-2H3,(H,15,16). The van der Waals surface area contributed by atoms with E-state index in [9.17, 15) is 14.9 Å². The number of nitro groups is 1. The summed E-state index contributed by atoms with van der Waals surface area (Å²) in [7, 11) is 3.82. The Balaban J connectivity index is 2.85. The van der Waals surface area contributed by atoms with Crippen LogP contribution < -0.4 is 4.74 Å². The van der Waals surface area contributed by atoms with Gasteiger partial charge in [-0.1, -0.05) is 6.07 Å². The minimum Gasteiger partial charge on any atom is -0.487 e. The van der Waals surface area contributed by atoms with E-state index in [2.05, 4.69) is 0 Å². The highest BCUT2D eigenvalue weighted by Crippen LogP contribution is 2.30. The summed E-state index contributed by atoms with van der Waals surface area (Å²) >= 11 is 0. The van der Waals surface area contributed by atoms with Crippen molar-refractivity contribution >= 4 is 11.7 Å². The summed E-state index contributed by atoms with van der Waals surface area (Å²) in [6.07, 6.45) is 0.696. The summed E-state index contributed by atoms with van der Waals surface area (Å²) in [5.41, 5.74) is -0.866. The van der Waals surface area contributed by atoms with Crippen LogP contribution in [0.5, 0.6) is 5.75 Å². The molecule has 0 radical (unpaired) electrons. The molecular weight excluding hydrogens is 252 g/mol. The molecule has 0 aliphatic heterocycles. The number of carboxylic acid groups (broad SMARTS) is 1. The first-order valence-corrected chi connectivity index (χ1v) is 5.71. The lowest BCUT2D eigenvalue weighted by atomic mass is 10.1. The second-order valence-electron chi connectivity index (χ2n) is 4.22. The molecular formula is C12H16N2O5. The van der Waals surface area contributed by atoms with Crippen molar-refractivity contribution < 1.29 is 19.6 Å². The van der Waals surface area contributed by atoms with Gasteiger partial charge < -0.3 is 14.7 Å². The SMILES string of the molecule is CN(C)CCCOc1cccc(C(=O)O)c1[N+](=O)[O-]. The Morgan fingerprint density at radius 2 is 2.16 bits per heavy atom. The Hall–Kier alpha value is -2.15. The number of rotatable bonds is 7. The summed E-state index contributed by atoms with van der Waals surface area (Å²) < 4.78 is 5.31. The Labute approximate surface area is 110 Å². The molecule has 104 valence electrons. The maximum atomic E-state index is 10.9. The van der Waals surface area contributed by atoms with Gasteiger partial charge in [0.1, 0.15) is 5.56 Å². The summed E-state index contributed by atoms with van der Waals surface area (Å²) in [5, 5.41) is 19.9. The van der Waals surface area contributed by atoms with Crippen LogP contribution in [0.25, 0.3) is 0 Å². The highest BCUT2D eigenvalue weighted by atomic mass is 16.6. The van der Waals surface area contributed by atoms with Crippen LogP contribution in [0.1, 0.15) is 16.8 Å². The van der Waals surface area contributed by atoms with Crippen LogP contribution in [0.2, 0.25) is 0 Å². The van der Waals surface area contributed by atoms with Crippen molar-refractivity contribution in [3.63, 3.8) is 0 Å². The Morgan fingerprint density at radius 3 is 2.68 bits per heavy atom. The third-order valence-corrected chi connectivity index (χ3v) is 2.42. The molecule has 0 atom stereocenters. The lowest BCUT2D eigenvalue weighted by Gasteiger charge is -2.11. The number of ether oxygens (including phenoxy) is 1. The lowest BCUT2D eigenvalue weighted by Crippen LogP contribution is -2.16. The van der Waals surface area contributed by atoms with Gasteiger partial charge in [-0.05, 0) is 32.6 Å². The van der Waals surface area contributed by atoms with Gasteiger partial charge in [0.05, 0.1) is 11.5 Å². The van der Waals surface area contributed by atoms with E-state index in [1.807, 2.05) is 19.0 Å². The van der Waals surface area contributed by atoms with E-state index >= 15 is 0 Å². The number of benzene rings is 1. The fourth-order valence-corrected chi connectivity index (χ4v) is 1.56. The smallest absolute Gasteiger partial charge is 0.342 e. The Bertz CT molecular complexity index is 473. The van der Waals surface area contributed by atoms with Gasteiger partial charge in [-0.15, -0.1) is 0 Å². The van der Waals surface area contributed by atoms with Crippen LogP contribution in [0, 0.1) is 10.1 Å². The zero-order chi connectivity index (χ0) is 14.4. The molecule has 1 aromatic rings. The van der Waals surface area contributed by atoms with E-state index in [0.717, 1.165) is 6.54 Å². The normalized spacial score (nSPS) is 10.5. The Morgan fingerprint density at radius 1 is 1.47 bits per heavy atom. The van der Waals surface area contributed by atoms with Gasteiger partial charge in [0.15, 0.2) is 5.75 Å². The van der Waals surface area contributed by atoms with Gasteiger partial charge in [0, 0.05) is 6.54 Å². The average Bonchev–Trinajstić information content (AvgIpc) is 2.33. The van der Waals surface area contributed by atoms with Crippen molar-refractivity contribution in [1.29, 1.82) is 0 Å². The van der Waals surface area contributed by atoms with Crippen LogP contribution in [0.15, 0.2) is 18.2 Å². The van der Waals surface area contributed by atoms with E-state index in [0.29, 0.717) is 13.0 Å². The van der Waals surface area contributed by atoms with Crippen molar-refractivity contribution in [3.05, 3.63) is 33.9 Å². The molecule has 0 amide bonds. The van der Waals surface area contributed by atoms with Crippen LogP contribution in [-0.4, -0.2) is 48.1 Å². The quantitative estimate of drug-likeness (QED) is 0.459. The van der Waals surface area contributed by atoms with Gasteiger partial charge in [-0.3, -0.25) is 10.1 Å². The van der Waals surface area contributed by atoms with Gasteiger partial charge in [0.2, 0.25) is 0 Å². The predicted molar refractivity (Wildman–Crippen MR) is 68.7 cm³/mol. The zero-order valence-electron chi connectivity index (χ0n) is 10.8. The van der Waals surface area contributed by atoms with Crippen molar-refractivity contribution in [2.75, 3.05) is 27.2 Å². The maximum Gasteiger partial charge on any atom is 0.342 e. The van der Waals surface area contributed by atoms with Crippen molar-refractivity contribution in [2.24, 2.45) is 0 Å². The third-order valence-electron chi connectivity index (χ3n) is 2.42. The number of para-hydroxylation sites is 1. The summed E-state index contributed by atoms with van der Waals surface area (Å²) in [6.45, 7) is 1.08. The summed E-state index contributed by atoms with van der Waals surface area (Å²) in [6, 6.07) is 4.02. The molecule has 1 N–H and O–H groups in total. The number of nitro benzene ring substituents is 1. The molecule has 1 rings (SSSR count). The molecule has 19 heavy (non-hydrogen) atoms. The number of hydrogen-bond donors (Lipinski definition) is 1. The first-order chi connectivity index (χ1) is 8.93. The largest absolute Gasteiger partial charge is 0.487 e. The monoisotopic (exact) mass is 268 g/mol. The number of hydrogen-bond acceptors (Lipinski definition) is 5. The molecule has 0 bridgehead atoms. The molecule has 0 aliphatic carbocycles. The van der Waals surface area contributed by atoms with E-state index in [4.69, 9.17) is 9.84 Å². The Kier molecular flexibility index (Phi) is 5.25. The topological polar surface area (TPSA) is 92.9 Å². The highest BCUT2D eigenvalue weighted by Gasteiger charge is 2.25. The zero-order valence-corrected chi connectivity index (χ0v) is 10.8. The van der Waals surface area contributed by atoms with E-state index < -0.39 is 16.6 Å². The highest BCUT2D eigenvalue weighted by molar-refractivity contribution is 5.93. The van der Waals surface area contributed by atoms with Crippen LogP contribution >= 0.6 is 0 Å². The first-order valence-electron chi connectivity index (χ1n) is 5.71. The molecule has 1 aromatic carbocycles. The van der Waals surface area contributed by atoms with Crippen LogP contribution in [0.3, 0.4) is 0 Å². The molecule has 7 heteroatoms. The molecule has 0 saturated carbocycles. The molecule has 0 saturated heterocycles. The second-order valence-corrected chi connectivity index (χ2v) is 4.22. The number of carboxylic acids is 1. The molecule has 7 nitrogen and oxygen atoms in total. The number of nitrogens with zero attached hydrogens (tertiary/aromatic N) is 2. The molecule has 0 spiro atoms. The van der Waals surface area contributed by atoms with Gasteiger partial charge >= 0.3 is 11.7 Å². The predicted octanol–water partition coefficient (Wildman–Crippen LogP) is 1.62. The first kappa shape index (κ1) is 14.9. The maximum absolute atomic E-state index is 10.9. The third kappa shape index (κ3) is 4.22. The second kappa shape index (κ2) is 6.69. The molecule has 0 aliphatic rings. The molecule has 0 heterocycles. The number of carbonyl (C=O) groups is 1. The minimum atomic E-state index is -1.34. The van der Waals surface area contributed by atoms with Crippen LogP contribution in [-0.2, 0) is 0 Å². The fraction of sp³-hybridized carbons (Fsp3) is 0.417. The van der Waals surface area contributed by atoms with Crippen molar-refractivity contribution in [3.8, 4) is 5.75 Å². The van der Waals surface area contributed by atoms with Gasteiger partial charge in [0.25, 0.3) is 0 Å². The van der Waals surface area contributed by atoms with Crippen molar-refractivity contribution in [2.45, 2.75) is 6.42 Å². The van der Waals surface area contributed by atoms with Crippen LogP contribution in [0.4, 0.5) is 5.69 Å². The molecule has 0 aromatic heterocycles.